The van der Waals surface area contributed by atoms with Crippen LogP contribution in [0.4, 0.5) is 0 Å². The van der Waals surface area contributed by atoms with Gasteiger partial charge in [0, 0.05) is 24.7 Å². The maximum absolute atomic E-state index is 12.8. The highest BCUT2D eigenvalue weighted by Gasteiger charge is 2.34. The molecule has 2 heterocycles. The molecule has 1 aliphatic heterocycles. The Labute approximate surface area is 173 Å². The minimum absolute atomic E-state index is 0.198. The molecule has 0 saturated carbocycles. The van der Waals surface area contributed by atoms with Crippen molar-refractivity contribution in [2.45, 2.75) is 43.8 Å². The smallest absolute Gasteiger partial charge is 0.272 e. The van der Waals surface area contributed by atoms with Gasteiger partial charge < -0.3 is 10.2 Å². The second-order valence-corrected chi connectivity index (χ2v) is 9.46. The Hall–Kier alpha value is -2.19. The molecule has 1 aromatic heterocycles. The molecule has 158 valence electrons. The fourth-order valence-electron chi connectivity index (χ4n) is 3.98. The molecule has 0 fully saturated rings. The topological polar surface area (TPSA) is 84.3 Å². The molecule has 29 heavy (non-hydrogen) atoms. The van der Waals surface area contributed by atoms with Gasteiger partial charge in [-0.15, -0.1) is 0 Å². The van der Waals surface area contributed by atoms with Crippen molar-refractivity contribution < 1.29 is 13.2 Å². The number of carbonyl (C=O) groups is 1. The van der Waals surface area contributed by atoms with Crippen molar-refractivity contribution in [3.05, 3.63) is 35.5 Å². The number of nitrogens with one attached hydrogen (secondary N) is 1. The van der Waals surface area contributed by atoms with Crippen LogP contribution in [0, 0.1) is 0 Å². The van der Waals surface area contributed by atoms with Crippen molar-refractivity contribution in [1.82, 2.24) is 20.0 Å². The number of rotatable bonds is 9. The predicted molar refractivity (Wildman–Crippen MR) is 114 cm³/mol. The van der Waals surface area contributed by atoms with Crippen molar-refractivity contribution in [3.8, 4) is 11.3 Å². The summed E-state index contributed by atoms with van der Waals surface area (Å²) in [5, 5.41) is 7.28. The first kappa shape index (κ1) is 21.5. The van der Waals surface area contributed by atoms with Crippen LogP contribution in [0.25, 0.3) is 11.3 Å². The molecule has 8 heteroatoms. The van der Waals surface area contributed by atoms with Crippen LogP contribution in [-0.4, -0.2) is 55.2 Å². The van der Waals surface area contributed by atoms with Gasteiger partial charge in [0.25, 0.3) is 5.91 Å². The van der Waals surface area contributed by atoms with E-state index in [2.05, 4.69) is 29.2 Å². The zero-order chi connectivity index (χ0) is 21.0. The molecule has 0 aliphatic carbocycles. The molecule has 0 unspecified atom stereocenters. The van der Waals surface area contributed by atoms with Crippen molar-refractivity contribution in [3.63, 3.8) is 0 Å². The molecular formula is C21H30N4O3S. The summed E-state index contributed by atoms with van der Waals surface area (Å²) in [7, 11) is -1.74. The summed E-state index contributed by atoms with van der Waals surface area (Å²) >= 11 is 0. The van der Waals surface area contributed by atoms with E-state index in [0.717, 1.165) is 38.9 Å². The maximum Gasteiger partial charge on any atom is 0.272 e. The van der Waals surface area contributed by atoms with E-state index in [4.69, 9.17) is 0 Å². The van der Waals surface area contributed by atoms with E-state index in [1.807, 2.05) is 0 Å². The zero-order valence-electron chi connectivity index (χ0n) is 17.4. The second-order valence-electron chi connectivity index (χ2n) is 7.51. The summed E-state index contributed by atoms with van der Waals surface area (Å²) in [6, 6.07) is 6.89. The lowest BCUT2D eigenvalue weighted by molar-refractivity contribution is 0.0945. The van der Waals surface area contributed by atoms with Crippen LogP contribution in [0.1, 0.15) is 49.2 Å². The van der Waals surface area contributed by atoms with Crippen LogP contribution >= 0.6 is 0 Å². The molecule has 1 amide bonds. The van der Waals surface area contributed by atoms with Crippen molar-refractivity contribution in [2.75, 3.05) is 26.2 Å². The van der Waals surface area contributed by atoms with Gasteiger partial charge in [0.15, 0.2) is 15.5 Å². The molecule has 7 nitrogen and oxygen atoms in total. The van der Waals surface area contributed by atoms with Crippen molar-refractivity contribution in [2.24, 2.45) is 7.05 Å². The van der Waals surface area contributed by atoms with Gasteiger partial charge in [0.2, 0.25) is 0 Å². The van der Waals surface area contributed by atoms with Crippen LogP contribution in [0.15, 0.2) is 29.2 Å². The van der Waals surface area contributed by atoms with Crippen molar-refractivity contribution in [1.29, 1.82) is 0 Å². The average Bonchev–Trinajstić information content (AvgIpc) is 3.01. The number of hydrogen-bond acceptors (Lipinski definition) is 5. The Bertz CT molecular complexity index is 976. The Morgan fingerprint density at radius 3 is 2.55 bits per heavy atom. The number of aromatic nitrogens is 2. The molecule has 0 radical (unpaired) electrons. The SMILES string of the molecule is CCCN(CCC)CCCNC(=O)c1nn(C)c2c1CS(=O)(=O)c1ccccc1-2. The van der Waals surface area contributed by atoms with Crippen LogP contribution < -0.4 is 5.32 Å². The molecule has 1 N–H and O–H groups in total. The maximum atomic E-state index is 12.8. The van der Waals surface area contributed by atoms with Gasteiger partial charge in [-0.2, -0.15) is 5.10 Å². The number of fused-ring (bicyclic) bond motifs is 3. The number of amides is 1. The third-order valence-corrected chi connectivity index (χ3v) is 6.88. The van der Waals surface area contributed by atoms with Gasteiger partial charge in [0.05, 0.1) is 16.3 Å². The standard InChI is InChI=1S/C21H30N4O3S/c1-4-12-25(13-5-2)14-8-11-22-21(26)19-17-15-29(27,28)18-10-7-6-9-16(18)20(17)24(3)23-19/h6-7,9-10H,4-5,8,11-15H2,1-3H3,(H,22,26). The first-order valence-corrected chi connectivity index (χ1v) is 11.9. The summed E-state index contributed by atoms with van der Waals surface area (Å²) in [4.78, 5) is 15.5. The third-order valence-electron chi connectivity index (χ3n) is 5.19. The number of carbonyl (C=O) groups excluding carboxylic acids is 1. The molecule has 0 saturated heterocycles. The van der Waals surface area contributed by atoms with Crippen LogP contribution in [0.5, 0.6) is 0 Å². The number of nitrogens with zero attached hydrogens (tertiary/aromatic N) is 3. The fraction of sp³-hybridized carbons (Fsp3) is 0.524. The molecule has 1 aliphatic rings. The van der Waals surface area contributed by atoms with E-state index >= 15 is 0 Å². The lowest BCUT2D eigenvalue weighted by Crippen LogP contribution is -2.31. The Balaban J connectivity index is 1.73. The molecule has 2 aromatic rings. The summed E-state index contributed by atoms with van der Waals surface area (Å²) in [5.74, 6) is -0.509. The van der Waals surface area contributed by atoms with E-state index < -0.39 is 9.84 Å². The Kier molecular flexibility index (Phi) is 6.74. The van der Waals surface area contributed by atoms with Crippen molar-refractivity contribution >= 4 is 15.7 Å². The quantitative estimate of drug-likeness (QED) is 0.633. The lowest BCUT2D eigenvalue weighted by Gasteiger charge is -2.20. The third kappa shape index (κ3) is 4.53. The number of hydrogen-bond donors (Lipinski definition) is 1. The normalized spacial score (nSPS) is 14.5. The molecule has 3 rings (SSSR count). The average molecular weight is 419 g/mol. The summed E-state index contributed by atoms with van der Waals surface area (Å²) in [6.07, 6.45) is 3.08. The van der Waals surface area contributed by atoms with E-state index in [1.54, 1.807) is 36.0 Å². The van der Waals surface area contributed by atoms with Crippen LogP contribution in [0.3, 0.4) is 0 Å². The zero-order valence-corrected chi connectivity index (χ0v) is 18.3. The van der Waals surface area contributed by atoms with E-state index in [9.17, 15) is 13.2 Å². The monoisotopic (exact) mass is 418 g/mol. The molecule has 0 bridgehead atoms. The summed E-state index contributed by atoms with van der Waals surface area (Å²) in [6.45, 7) is 7.93. The van der Waals surface area contributed by atoms with Gasteiger partial charge in [-0.25, -0.2) is 8.42 Å². The Morgan fingerprint density at radius 2 is 1.86 bits per heavy atom. The van der Waals surface area contributed by atoms with Gasteiger partial charge in [-0.3, -0.25) is 9.48 Å². The predicted octanol–water partition coefficient (Wildman–Crippen LogP) is 2.62. The number of benzene rings is 1. The molecule has 0 atom stereocenters. The Morgan fingerprint density at radius 1 is 1.17 bits per heavy atom. The second kappa shape index (κ2) is 9.09. The first-order valence-electron chi connectivity index (χ1n) is 10.3. The first-order chi connectivity index (χ1) is 13.9. The lowest BCUT2D eigenvalue weighted by atomic mass is 10.1. The minimum Gasteiger partial charge on any atom is -0.351 e. The van der Waals surface area contributed by atoms with Gasteiger partial charge in [-0.05, 0) is 45.0 Å². The summed E-state index contributed by atoms with van der Waals surface area (Å²) < 4.78 is 27.0. The van der Waals surface area contributed by atoms with Crippen LogP contribution in [-0.2, 0) is 22.6 Å². The highest BCUT2D eigenvalue weighted by molar-refractivity contribution is 7.90. The molecular weight excluding hydrogens is 388 g/mol. The summed E-state index contributed by atoms with van der Waals surface area (Å²) in [5.41, 5.74) is 2.01. The number of aryl methyl sites for hydroxylation is 1. The highest BCUT2D eigenvalue weighted by Crippen LogP contribution is 2.38. The molecule has 1 aromatic carbocycles. The number of sulfone groups is 1. The minimum atomic E-state index is -3.49. The van der Waals surface area contributed by atoms with Gasteiger partial charge >= 0.3 is 0 Å². The highest BCUT2D eigenvalue weighted by atomic mass is 32.2. The van der Waals surface area contributed by atoms with Gasteiger partial charge in [0.1, 0.15) is 0 Å². The van der Waals surface area contributed by atoms with E-state index in [0.29, 0.717) is 28.3 Å². The van der Waals surface area contributed by atoms with E-state index in [1.165, 1.54) is 0 Å². The van der Waals surface area contributed by atoms with Gasteiger partial charge in [-0.1, -0.05) is 32.0 Å². The molecule has 0 spiro atoms. The van der Waals surface area contributed by atoms with E-state index in [-0.39, 0.29) is 17.4 Å². The largest absolute Gasteiger partial charge is 0.351 e. The fourth-order valence-corrected chi connectivity index (χ4v) is 5.58. The van der Waals surface area contributed by atoms with Crippen LogP contribution in [0.2, 0.25) is 0 Å².